The Balaban J connectivity index is 2.43. The monoisotopic (exact) mass is 167 g/mol. The van der Waals surface area contributed by atoms with E-state index in [1.807, 2.05) is 13.8 Å². The van der Waals surface area contributed by atoms with E-state index in [1.165, 1.54) is 6.07 Å². The third-order valence-electron chi connectivity index (χ3n) is 1.89. The van der Waals surface area contributed by atoms with E-state index in [-0.39, 0.29) is 5.60 Å². The van der Waals surface area contributed by atoms with E-state index in [4.69, 9.17) is 4.74 Å². The van der Waals surface area contributed by atoms with Gasteiger partial charge in [0.05, 0.1) is 0 Å². The Hall–Kier alpha value is -1.12. The van der Waals surface area contributed by atoms with E-state index >= 15 is 0 Å². The van der Waals surface area contributed by atoms with Crippen molar-refractivity contribution in [3.8, 4) is 5.88 Å². The van der Waals surface area contributed by atoms with Crippen LogP contribution in [-0.4, -0.2) is 10.6 Å². The highest BCUT2D eigenvalue weighted by Gasteiger charge is 2.31. The number of nitrogens with zero attached hydrogens (tertiary/aromatic N) is 1. The normalized spacial score (nSPS) is 18.6. The van der Waals surface area contributed by atoms with Crippen molar-refractivity contribution in [2.75, 3.05) is 0 Å². The molecule has 12 heavy (non-hydrogen) atoms. The van der Waals surface area contributed by atoms with Gasteiger partial charge in [-0.1, -0.05) is 0 Å². The van der Waals surface area contributed by atoms with Crippen molar-refractivity contribution in [2.24, 2.45) is 0 Å². The molecule has 1 aliphatic heterocycles. The molecule has 0 atom stereocenters. The average Bonchev–Trinajstić information content (AvgIpc) is 2.21. The molecule has 2 nitrogen and oxygen atoms in total. The molecule has 0 N–H and O–H groups in total. The van der Waals surface area contributed by atoms with E-state index in [9.17, 15) is 4.39 Å². The summed E-state index contributed by atoms with van der Waals surface area (Å²) in [7, 11) is 0. The number of pyridine rings is 1. The topological polar surface area (TPSA) is 22.1 Å². The highest BCUT2D eigenvalue weighted by Crippen LogP contribution is 2.32. The maximum Gasteiger partial charge on any atom is 0.219 e. The molecule has 0 saturated carbocycles. The summed E-state index contributed by atoms with van der Waals surface area (Å²) >= 11 is 0. The Kier molecular flexibility index (Phi) is 1.37. The molecule has 0 aliphatic carbocycles. The molecule has 64 valence electrons. The van der Waals surface area contributed by atoms with Crippen LogP contribution in [0.15, 0.2) is 12.1 Å². The molecule has 1 aliphatic rings. The van der Waals surface area contributed by atoms with E-state index in [0.717, 1.165) is 12.0 Å². The number of rotatable bonds is 0. The van der Waals surface area contributed by atoms with Crippen LogP contribution in [0.3, 0.4) is 0 Å². The predicted molar refractivity (Wildman–Crippen MR) is 42.6 cm³/mol. The van der Waals surface area contributed by atoms with Crippen molar-refractivity contribution >= 4 is 0 Å². The largest absolute Gasteiger partial charge is 0.471 e. The van der Waals surface area contributed by atoms with Crippen LogP contribution in [0, 0.1) is 5.95 Å². The minimum Gasteiger partial charge on any atom is -0.471 e. The van der Waals surface area contributed by atoms with Gasteiger partial charge >= 0.3 is 0 Å². The fourth-order valence-electron chi connectivity index (χ4n) is 1.43. The Bertz CT molecular complexity index is 322. The first-order chi connectivity index (χ1) is 5.57. The average molecular weight is 167 g/mol. The number of hydrogen-bond donors (Lipinski definition) is 0. The van der Waals surface area contributed by atoms with Gasteiger partial charge in [-0.25, -0.2) is 0 Å². The van der Waals surface area contributed by atoms with E-state index in [2.05, 4.69) is 4.98 Å². The highest BCUT2D eigenvalue weighted by atomic mass is 19.1. The zero-order valence-corrected chi connectivity index (χ0v) is 7.10. The fraction of sp³-hybridized carbons (Fsp3) is 0.444. The molecule has 0 saturated heterocycles. The van der Waals surface area contributed by atoms with Crippen molar-refractivity contribution in [3.05, 3.63) is 23.6 Å². The second-order valence-electron chi connectivity index (χ2n) is 3.64. The summed E-state index contributed by atoms with van der Waals surface area (Å²) in [5, 5.41) is 0. The lowest BCUT2D eigenvalue weighted by Crippen LogP contribution is -2.24. The zero-order valence-electron chi connectivity index (χ0n) is 7.10. The van der Waals surface area contributed by atoms with Crippen molar-refractivity contribution in [1.29, 1.82) is 0 Å². The van der Waals surface area contributed by atoms with Gasteiger partial charge in [-0.3, -0.25) is 0 Å². The molecule has 0 bridgehead atoms. The molecule has 0 amide bonds. The molecule has 0 radical (unpaired) electrons. The molecule has 2 heterocycles. The van der Waals surface area contributed by atoms with Crippen LogP contribution in [-0.2, 0) is 6.42 Å². The molecule has 0 unspecified atom stereocenters. The summed E-state index contributed by atoms with van der Waals surface area (Å²) in [5.74, 6) is -0.0357. The first kappa shape index (κ1) is 7.53. The number of ether oxygens (including phenoxy) is 1. The summed E-state index contributed by atoms with van der Waals surface area (Å²) in [6.07, 6.45) is 0.801. The summed E-state index contributed by atoms with van der Waals surface area (Å²) in [6, 6.07) is 3.09. The van der Waals surface area contributed by atoms with Gasteiger partial charge in [0.15, 0.2) is 0 Å². The van der Waals surface area contributed by atoms with Gasteiger partial charge in [0.2, 0.25) is 11.8 Å². The van der Waals surface area contributed by atoms with E-state index in [0.29, 0.717) is 5.88 Å². The van der Waals surface area contributed by atoms with Crippen LogP contribution in [0.25, 0.3) is 0 Å². The van der Waals surface area contributed by atoms with E-state index in [1.54, 1.807) is 6.07 Å². The second-order valence-corrected chi connectivity index (χ2v) is 3.64. The van der Waals surface area contributed by atoms with Gasteiger partial charge in [-0.2, -0.15) is 9.37 Å². The fourth-order valence-corrected chi connectivity index (χ4v) is 1.43. The Morgan fingerprint density at radius 2 is 2.25 bits per heavy atom. The van der Waals surface area contributed by atoms with Gasteiger partial charge in [-0.15, -0.1) is 0 Å². The molecule has 1 aromatic heterocycles. The highest BCUT2D eigenvalue weighted by molar-refractivity contribution is 5.32. The van der Waals surface area contributed by atoms with Gasteiger partial charge in [0.25, 0.3) is 0 Å². The first-order valence-electron chi connectivity index (χ1n) is 3.91. The maximum atomic E-state index is 12.6. The van der Waals surface area contributed by atoms with Crippen molar-refractivity contribution in [1.82, 2.24) is 4.98 Å². The predicted octanol–water partition coefficient (Wildman–Crippen LogP) is 1.93. The first-order valence-corrected chi connectivity index (χ1v) is 3.91. The van der Waals surface area contributed by atoms with Gasteiger partial charge < -0.3 is 4.74 Å². The number of fused-ring (bicyclic) bond motifs is 1. The van der Waals surface area contributed by atoms with Crippen LogP contribution in [0.2, 0.25) is 0 Å². The Morgan fingerprint density at radius 3 is 3.00 bits per heavy atom. The summed E-state index contributed by atoms with van der Waals surface area (Å²) in [6.45, 7) is 3.93. The molecule has 1 aromatic rings. The quantitative estimate of drug-likeness (QED) is 0.551. The van der Waals surface area contributed by atoms with Crippen LogP contribution in [0.5, 0.6) is 5.88 Å². The maximum absolute atomic E-state index is 12.6. The molecular weight excluding hydrogens is 157 g/mol. The lowest BCUT2D eigenvalue weighted by molar-refractivity contribution is 0.132. The molecule has 0 aromatic carbocycles. The Labute approximate surface area is 70.4 Å². The Morgan fingerprint density at radius 1 is 1.50 bits per heavy atom. The molecule has 2 rings (SSSR count). The minimum atomic E-state index is -0.480. The van der Waals surface area contributed by atoms with Gasteiger partial charge in [0.1, 0.15) is 5.60 Å². The lowest BCUT2D eigenvalue weighted by Gasteiger charge is -2.15. The second kappa shape index (κ2) is 2.19. The third kappa shape index (κ3) is 1.15. The lowest BCUT2D eigenvalue weighted by atomic mass is 10.0. The van der Waals surface area contributed by atoms with Crippen molar-refractivity contribution < 1.29 is 9.13 Å². The standard InChI is InChI=1S/C9H10FNO/c1-9(2)5-6-3-4-7(10)11-8(6)12-9/h3-4H,5H2,1-2H3. The minimum absolute atomic E-state index is 0.233. The molecule has 0 fully saturated rings. The smallest absolute Gasteiger partial charge is 0.219 e. The molecule has 0 spiro atoms. The van der Waals surface area contributed by atoms with E-state index < -0.39 is 5.95 Å². The summed E-state index contributed by atoms with van der Waals surface area (Å²) in [4.78, 5) is 3.66. The summed E-state index contributed by atoms with van der Waals surface area (Å²) < 4.78 is 18.0. The number of aromatic nitrogens is 1. The van der Waals surface area contributed by atoms with Crippen molar-refractivity contribution in [3.63, 3.8) is 0 Å². The van der Waals surface area contributed by atoms with Crippen LogP contribution >= 0.6 is 0 Å². The SMILES string of the molecule is CC1(C)Cc2ccc(F)nc2O1. The third-order valence-corrected chi connectivity index (χ3v) is 1.89. The number of halogens is 1. The summed E-state index contributed by atoms with van der Waals surface area (Å²) in [5.41, 5.74) is 0.754. The van der Waals surface area contributed by atoms with Crippen LogP contribution < -0.4 is 4.74 Å². The molecule has 3 heteroatoms. The zero-order chi connectivity index (χ0) is 8.77. The molecular formula is C9H10FNO. The number of hydrogen-bond acceptors (Lipinski definition) is 2. The van der Waals surface area contributed by atoms with Crippen molar-refractivity contribution in [2.45, 2.75) is 25.9 Å². The van der Waals surface area contributed by atoms with Gasteiger partial charge in [-0.05, 0) is 26.0 Å². The van der Waals surface area contributed by atoms with Crippen LogP contribution in [0.1, 0.15) is 19.4 Å². The van der Waals surface area contributed by atoms with Crippen LogP contribution in [0.4, 0.5) is 4.39 Å². The van der Waals surface area contributed by atoms with Gasteiger partial charge in [0, 0.05) is 12.0 Å².